The molecule has 25 heavy (non-hydrogen) atoms. The molecule has 0 amide bonds. The van der Waals surface area contributed by atoms with Gasteiger partial charge in [-0.05, 0) is 39.3 Å². The number of hydrogen-bond donors (Lipinski definition) is 0. The predicted molar refractivity (Wildman–Crippen MR) is 104 cm³/mol. The van der Waals surface area contributed by atoms with Gasteiger partial charge in [0.25, 0.3) is 0 Å². The van der Waals surface area contributed by atoms with Gasteiger partial charge in [0.05, 0.1) is 18.2 Å². The Morgan fingerprint density at radius 1 is 1.20 bits per heavy atom. The first kappa shape index (κ1) is 18.0. The molecule has 4 nitrogen and oxygen atoms in total. The number of rotatable bonds is 6. The van der Waals surface area contributed by atoms with Crippen LogP contribution in [0.3, 0.4) is 0 Å². The smallest absolute Gasteiger partial charge is 0.142 e. The van der Waals surface area contributed by atoms with Crippen molar-refractivity contribution in [1.29, 1.82) is 0 Å². The number of nitrogens with zero attached hydrogens (tertiary/aromatic N) is 2. The SMILES string of the molecule is CCCOc1ccc2c(OC(C)C)cc(-c3nc(C)cs3)nc2c1Cl. The lowest BCUT2D eigenvalue weighted by atomic mass is 10.1. The van der Waals surface area contributed by atoms with E-state index in [4.69, 9.17) is 26.1 Å². The average Bonchev–Trinajstić information content (AvgIpc) is 3.00. The van der Waals surface area contributed by atoms with Gasteiger partial charge in [-0.1, -0.05) is 18.5 Å². The van der Waals surface area contributed by atoms with Gasteiger partial charge in [-0.2, -0.15) is 0 Å². The molecule has 0 fully saturated rings. The van der Waals surface area contributed by atoms with Crippen LogP contribution in [0, 0.1) is 6.92 Å². The molecule has 0 bridgehead atoms. The van der Waals surface area contributed by atoms with Crippen molar-refractivity contribution in [3.8, 4) is 22.2 Å². The predicted octanol–water partition coefficient (Wildman–Crippen LogP) is 5.90. The molecule has 1 aromatic carbocycles. The van der Waals surface area contributed by atoms with Crippen molar-refractivity contribution >= 4 is 33.8 Å². The Bertz CT molecular complexity index is 893. The minimum Gasteiger partial charge on any atom is -0.492 e. The van der Waals surface area contributed by atoms with E-state index in [2.05, 4.69) is 11.9 Å². The van der Waals surface area contributed by atoms with Crippen molar-refractivity contribution in [2.75, 3.05) is 6.61 Å². The van der Waals surface area contributed by atoms with Crippen LogP contribution in [0.15, 0.2) is 23.6 Å². The second-order valence-electron chi connectivity index (χ2n) is 6.09. The van der Waals surface area contributed by atoms with Crippen LogP contribution in [0.5, 0.6) is 11.5 Å². The van der Waals surface area contributed by atoms with Crippen LogP contribution in [0.25, 0.3) is 21.6 Å². The Morgan fingerprint density at radius 2 is 2.00 bits per heavy atom. The van der Waals surface area contributed by atoms with Gasteiger partial charge in [-0.3, -0.25) is 0 Å². The van der Waals surface area contributed by atoms with Crippen LogP contribution in [-0.2, 0) is 0 Å². The summed E-state index contributed by atoms with van der Waals surface area (Å²) in [6.45, 7) is 8.65. The molecular formula is C19H21ClN2O2S. The number of pyridine rings is 1. The summed E-state index contributed by atoms with van der Waals surface area (Å²) in [4.78, 5) is 9.29. The minimum atomic E-state index is 0.0475. The Labute approximate surface area is 156 Å². The normalized spacial score (nSPS) is 11.3. The topological polar surface area (TPSA) is 44.2 Å². The zero-order valence-electron chi connectivity index (χ0n) is 14.8. The Hall–Kier alpha value is -1.85. The van der Waals surface area contributed by atoms with Crippen LogP contribution in [0.1, 0.15) is 32.9 Å². The summed E-state index contributed by atoms with van der Waals surface area (Å²) < 4.78 is 11.7. The molecule has 2 aromatic heterocycles. The number of aryl methyl sites for hydroxylation is 1. The summed E-state index contributed by atoms with van der Waals surface area (Å²) in [6.07, 6.45) is 0.966. The molecule has 2 heterocycles. The molecule has 0 atom stereocenters. The molecule has 0 unspecified atom stereocenters. The van der Waals surface area contributed by atoms with Gasteiger partial charge in [-0.15, -0.1) is 11.3 Å². The van der Waals surface area contributed by atoms with E-state index in [0.29, 0.717) is 22.9 Å². The van der Waals surface area contributed by atoms with Crippen LogP contribution < -0.4 is 9.47 Å². The lowest BCUT2D eigenvalue weighted by molar-refractivity contribution is 0.245. The molecule has 6 heteroatoms. The summed E-state index contributed by atoms with van der Waals surface area (Å²) in [5.41, 5.74) is 2.41. The van der Waals surface area contributed by atoms with Crippen molar-refractivity contribution in [3.63, 3.8) is 0 Å². The standard InChI is InChI=1S/C19H21ClN2O2S/c1-5-8-23-15-7-6-13-16(24-11(2)3)9-14(22-18(13)17(15)20)19-21-12(4)10-25-19/h6-7,9-11H,5,8H2,1-4H3. The average molecular weight is 377 g/mol. The van der Waals surface area contributed by atoms with Crippen molar-refractivity contribution < 1.29 is 9.47 Å². The number of hydrogen-bond acceptors (Lipinski definition) is 5. The van der Waals surface area contributed by atoms with Gasteiger partial charge < -0.3 is 9.47 Å². The Morgan fingerprint density at radius 3 is 2.64 bits per heavy atom. The van der Waals surface area contributed by atoms with Gasteiger partial charge in [0.1, 0.15) is 27.2 Å². The quantitative estimate of drug-likeness (QED) is 0.537. The second kappa shape index (κ2) is 7.58. The van der Waals surface area contributed by atoms with Crippen molar-refractivity contribution in [2.24, 2.45) is 0 Å². The molecule has 0 aliphatic heterocycles. The highest BCUT2D eigenvalue weighted by molar-refractivity contribution is 7.13. The van der Waals surface area contributed by atoms with Crippen LogP contribution in [0.4, 0.5) is 0 Å². The number of benzene rings is 1. The van der Waals surface area contributed by atoms with Gasteiger partial charge in [0.2, 0.25) is 0 Å². The molecular weight excluding hydrogens is 356 g/mol. The number of thiazole rings is 1. The van der Waals surface area contributed by atoms with E-state index in [0.717, 1.165) is 34.0 Å². The van der Waals surface area contributed by atoms with Gasteiger partial charge in [-0.25, -0.2) is 9.97 Å². The maximum atomic E-state index is 6.59. The molecule has 0 aliphatic carbocycles. The van der Waals surface area contributed by atoms with E-state index >= 15 is 0 Å². The highest BCUT2D eigenvalue weighted by Gasteiger charge is 2.16. The lowest BCUT2D eigenvalue weighted by Crippen LogP contribution is -2.07. The summed E-state index contributed by atoms with van der Waals surface area (Å²) in [7, 11) is 0. The van der Waals surface area contributed by atoms with E-state index in [1.807, 2.05) is 44.4 Å². The largest absolute Gasteiger partial charge is 0.492 e. The molecule has 0 N–H and O–H groups in total. The summed E-state index contributed by atoms with van der Waals surface area (Å²) in [5, 5.41) is 4.24. The fourth-order valence-corrected chi connectivity index (χ4v) is 3.48. The third kappa shape index (κ3) is 3.88. The number of aromatic nitrogens is 2. The summed E-state index contributed by atoms with van der Waals surface area (Å²) in [6, 6.07) is 5.76. The number of halogens is 1. The molecule has 0 radical (unpaired) electrons. The molecule has 0 saturated carbocycles. The first-order valence-corrected chi connectivity index (χ1v) is 9.60. The Balaban J connectivity index is 2.19. The van der Waals surface area contributed by atoms with E-state index in [9.17, 15) is 0 Å². The van der Waals surface area contributed by atoms with Crippen molar-refractivity contribution in [3.05, 3.63) is 34.3 Å². The van der Waals surface area contributed by atoms with E-state index in [1.165, 1.54) is 0 Å². The fourth-order valence-electron chi connectivity index (χ4n) is 2.46. The Kier molecular flexibility index (Phi) is 5.45. The van der Waals surface area contributed by atoms with Crippen LogP contribution in [0.2, 0.25) is 5.02 Å². The highest BCUT2D eigenvalue weighted by Crippen LogP contribution is 2.39. The van der Waals surface area contributed by atoms with Gasteiger partial charge in [0, 0.05) is 22.5 Å². The first-order chi connectivity index (χ1) is 12.0. The maximum Gasteiger partial charge on any atom is 0.142 e. The highest BCUT2D eigenvalue weighted by atomic mass is 35.5. The van der Waals surface area contributed by atoms with Crippen LogP contribution in [-0.4, -0.2) is 22.7 Å². The minimum absolute atomic E-state index is 0.0475. The van der Waals surface area contributed by atoms with Crippen molar-refractivity contribution in [2.45, 2.75) is 40.2 Å². The number of fused-ring (bicyclic) bond motifs is 1. The molecule has 3 aromatic rings. The third-order valence-corrected chi connectivity index (χ3v) is 4.86. The lowest BCUT2D eigenvalue weighted by Gasteiger charge is -2.15. The zero-order chi connectivity index (χ0) is 18.0. The first-order valence-electron chi connectivity index (χ1n) is 8.34. The zero-order valence-corrected chi connectivity index (χ0v) is 16.4. The maximum absolute atomic E-state index is 6.59. The van der Waals surface area contributed by atoms with Crippen molar-refractivity contribution in [1.82, 2.24) is 9.97 Å². The summed E-state index contributed by atoms with van der Waals surface area (Å²) in [5.74, 6) is 1.40. The van der Waals surface area contributed by atoms with Gasteiger partial charge >= 0.3 is 0 Å². The van der Waals surface area contributed by atoms with Crippen LogP contribution >= 0.6 is 22.9 Å². The third-order valence-electron chi connectivity index (χ3n) is 3.51. The molecule has 0 aliphatic rings. The molecule has 0 saturated heterocycles. The summed E-state index contributed by atoms with van der Waals surface area (Å²) >= 11 is 8.15. The fraction of sp³-hybridized carbons (Fsp3) is 0.368. The van der Waals surface area contributed by atoms with E-state index < -0.39 is 0 Å². The number of ether oxygens (including phenoxy) is 2. The molecule has 132 valence electrons. The van der Waals surface area contributed by atoms with Gasteiger partial charge in [0.15, 0.2) is 0 Å². The second-order valence-corrected chi connectivity index (χ2v) is 7.32. The molecule has 0 spiro atoms. The van der Waals surface area contributed by atoms with E-state index in [-0.39, 0.29) is 6.10 Å². The van der Waals surface area contributed by atoms with E-state index in [1.54, 1.807) is 11.3 Å². The molecule has 3 rings (SSSR count). The monoisotopic (exact) mass is 376 g/mol.